The highest BCUT2D eigenvalue weighted by molar-refractivity contribution is 7.99. The molecule has 0 aromatic carbocycles. The van der Waals surface area contributed by atoms with Crippen molar-refractivity contribution in [3.63, 3.8) is 0 Å². The van der Waals surface area contributed by atoms with Gasteiger partial charge in [-0.1, -0.05) is 0 Å². The lowest BCUT2D eigenvalue weighted by molar-refractivity contribution is -0.102. The van der Waals surface area contributed by atoms with Crippen molar-refractivity contribution in [2.24, 2.45) is 5.92 Å². The van der Waals surface area contributed by atoms with Gasteiger partial charge in [-0.15, -0.1) is 11.3 Å². The zero-order valence-corrected chi connectivity index (χ0v) is 12.2. The van der Waals surface area contributed by atoms with Crippen molar-refractivity contribution >= 4 is 23.1 Å². The number of thiazole rings is 1. The topological polar surface area (TPSA) is 42.4 Å². The van der Waals surface area contributed by atoms with E-state index in [0.29, 0.717) is 5.92 Å². The van der Waals surface area contributed by atoms with E-state index in [1.807, 2.05) is 24.1 Å². The molecule has 2 aliphatic rings. The Morgan fingerprint density at radius 1 is 1.61 bits per heavy atom. The fourth-order valence-corrected chi connectivity index (χ4v) is 4.98. The number of rotatable bonds is 2. The molecule has 0 amide bonds. The number of aromatic nitrogens is 1. The van der Waals surface area contributed by atoms with Crippen molar-refractivity contribution in [2.45, 2.75) is 37.9 Å². The molecule has 1 spiro atoms. The Balaban J connectivity index is 1.72. The van der Waals surface area contributed by atoms with Gasteiger partial charge < -0.3 is 9.84 Å². The van der Waals surface area contributed by atoms with E-state index in [-0.39, 0.29) is 5.60 Å². The van der Waals surface area contributed by atoms with Gasteiger partial charge in [0.05, 0.1) is 22.4 Å². The van der Waals surface area contributed by atoms with Gasteiger partial charge in [-0.25, -0.2) is 4.98 Å². The second kappa shape index (κ2) is 5.12. The first kappa shape index (κ1) is 12.9. The molecule has 5 heteroatoms. The predicted octanol–water partition coefficient (Wildman–Crippen LogP) is 2.79. The Kier molecular flexibility index (Phi) is 3.67. The Morgan fingerprint density at radius 3 is 3.17 bits per heavy atom. The molecule has 0 radical (unpaired) electrons. The normalized spacial score (nSPS) is 34.0. The molecule has 3 atom stereocenters. The molecular formula is C13H19NO2S2. The van der Waals surface area contributed by atoms with Crippen LogP contribution in [-0.4, -0.2) is 33.8 Å². The smallest absolute Gasteiger partial charge is 0.0998 e. The lowest BCUT2D eigenvalue weighted by atomic mass is 9.81. The van der Waals surface area contributed by atoms with E-state index in [4.69, 9.17) is 4.74 Å². The molecule has 3 unspecified atom stereocenters. The van der Waals surface area contributed by atoms with Crippen LogP contribution in [0.25, 0.3) is 0 Å². The number of aliphatic hydroxyl groups is 1. The van der Waals surface area contributed by atoms with Crippen LogP contribution in [0.3, 0.4) is 0 Å². The molecule has 0 aliphatic carbocycles. The maximum absolute atomic E-state index is 10.5. The summed E-state index contributed by atoms with van der Waals surface area (Å²) >= 11 is 3.59. The van der Waals surface area contributed by atoms with Crippen molar-refractivity contribution in [3.8, 4) is 0 Å². The molecule has 3 nitrogen and oxygen atoms in total. The number of hydrogen-bond donors (Lipinski definition) is 1. The molecule has 18 heavy (non-hydrogen) atoms. The van der Waals surface area contributed by atoms with Crippen molar-refractivity contribution in [2.75, 3.05) is 18.1 Å². The van der Waals surface area contributed by atoms with Crippen LogP contribution in [0.1, 0.15) is 36.1 Å². The number of hydrogen-bond acceptors (Lipinski definition) is 5. The van der Waals surface area contributed by atoms with Crippen LogP contribution in [0, 0.1) is 12.8 Å². The van der Waals surface area contributed by atoms with E-state index >= 15 is 0 Å². The van der Waals surface area contributed by atoms with Crippen molar-refractivity contribution in [3.05, 3.63) is 16.1 Å². The minimum atomic E-state index is -0.415. The average Bonchev–Trinajstić information content (AvgIpc) is 2.98. The van der Waals surface area contributed by atoms with Crippen molar-refractivity contribution in [1.82, 2.24) is 4.98 Å². The molecule has 2 aliphatic heterocycles. The third-order valence-electron chi connectivity index (χ3n) is 3.98. The van der Waals surface area contributed by atoms with Gasteiger partial charge in [-0.2, -0.15) is 11.8 Å². The third-order valence-corrected chi connectivity index (χ3v) is 6.00. The van der Waals surface area contributed by atoms with Gasteiger partial charge in [0.2, 0.25) is 0 Å². The Morgan fingerprint density at radius 2 is 2.50 bits per heavy atom. The van der Waals surface area contributed by atoms with Crippen LogP contribution < -0.4 is 0 Å². The summed E-state index contributed by atoms with van der Waals surface area (Å²) in [6.45, 7) is 2.77. The zero-order chi connectivity index (χ0) is 12.6. The summed E-state index contributed by atoms with van der Waals surface area (Å²) in [7, 11) is 0. The van der Waals surface area contributed by atoms with Crippen LogP contribution in [0.15, 0.2) is 5.38 Å². The summed E-state index contributed by atoms with van der Waals surface area (Å²) in [6, 6.07) is 0. The van der Waals surface area contributed by atoms with E-state index < -0.39 is 6.10 Å². The van der Waals surface area contributed by atoms with Gasteiger partial charge in [0.25, 0.3) is 0 Å². The van der Waals surface area contributed by atoms with Gasteiger partial charge >= 0.3 is 0 Å². The predicted molar refractivity (Wildman–Crippen MR) is 75.2 cm³/mol. The van der Waals surface area contributed by atoms with Gasteiger partial charge in [-0.05, 0) is 37.9 Å². The average molecular weight is 285 g/mol. The molecule has 1 N–H and O–H groups in total. The van der Waals surface area contributed by atoms with E-state index in [1.54, 1.807) is 11.3 Å². The summed E-state index contributed by atoms with van der Waals surface area (Å²) in [6.07, 6.45) is 2.65. The zero-order valence-electron chi connectivity index (χ0n) is 10.6. The van der Waals surface area contributed by atoms with Gasteiger partial charge in [0, 0.05) is 17.7 Å². The largest absolute Gasteiger partial charge is 0.386 e. The van der Waals surface area contributed by atoms with Gasteiger partial charge in [-0.3, -0.25) is 0 Å². The molecule has 1 aromatic heterocycles. The fraction of sp³-hybridized carbons (Fsp3) is 0.769. The number of aliphatic hydroxyl groups excluding tert-OH is 1. The molecule has 2 fully saturated rings. The standard InChI is InChI=1S/C13H19NO2S2/c1-9-14-11(7-18-9)12(15)10-2-4-16-13(6-10)3-5-17-8-13/h7,10,12,15H,2-6,8H2,1H3. The van der Waals surface area contributed by atoms with Crippen LogP contribution in [0.4, 0.5) is 0 Å². The fourth-order valence-electron chi connectivity index (χ4n) is 2.96. The quantitative estimate of drug-likeness (QED) is 0.907. The summed E-state index contributed by atoms with van der Waals surface area (Å²) < 4.78 is 6.00. The maximum atomic E-state index is 10.5. The molecule has 3 rings (SSSR count). The van der Waals surface area contributed by atoms with E-state index in [9.17, 15) is 5.11 Å². The lowest BCUT2D eigenvalue weighted by Crippen LogP contribution is -2.41. The number of nitrogens with zero attached hydrogens (tertiary/aromatic N) is 1. The number of aryl methyl sites for hydroxylation is 1. The molecule has 100 valence electrons. The van der Waals surface area contributed by atoms with Gasteiger partial charge in [0.1, 0.15) is 0 Å². The van der Waals surface area contributed by atoms with E-state index in [0.717, 1.165) is 42.3 Å². The summed E-state index contributed by atoms with van der Waals surface area (Å²) in [5.41, 5.74) is 0.893. The SMILES string of the molecule is Cc1nc(C(O)C2CCOC3(CCSC3)C2)cs1. The van der Waals surface area contributed by atoms with E-state index in [1.165, 1.54) is 5.75 Å². The third kappa shape index (κ3) is 2.46. The van der Waals surface area contributed by atoms with Gasteiger partial charge in [0.15, 0.2) is 0 Å². The first-order valence-electron chi connectivity index (χ1n) is 6.50. The lowest BCUT2D eigenvalue weighted by Gasteiger charge is -2.39. The summed E-state index contributed by atoms with van der Waals surface area (Å²) in [4.78, 5) is 4.42. The number of ether oxygens (including phenoxy) is 1. The van der Waals surface area contributed by atoms with Crippen molar-refractivity contribution < 1.29 is 9.84 Å². The van der Waals surface area contributed by atoms with Crippen LogP contribution in [0.2, 0.25) is 0 Å². The Labute approximate surface area is 116 Å². The highest BCUT2D eigenvalue weighted by atomic mass is 32.2. The highest BCUT2D eigenvalue weighted by Gasteiger charge is 2.42. The van der Waals surface area contributed by atoms with Crippen LogP contribution in [0.5, 0.6) is 0 Å². The summed E-state index contributed by atoms with van der Waals surface area (Å²) in [5, 5.41) is 13.5. The molecule has 0 saturated carbocycles. The Hall–Kier alpha value is -0.100. The molecule has 0 bridgehead atoms. The molecular weight excluding hydrogens is 266 g/mol. The van der Waals surface area contributed by atoms with Crippen LogP contribution >= 0.6 is 23.1 Å². The maximum Gasteiger partial charge on any atom is 0.0998 e. The first-order valence-corrected chi connectivity index (χ1v) is 8.54. The first-order chi connectivity index (χ1) is 8.69. The van der Waals surface area contributed by atoms with Crippen molar-refractivity contribution in [1.29, 1.82) is 0 Å². The second-order valence-electron chi connectivity index (χ2n) is 5.32. The Bertz CT molecular complexity index is 415. The second-order valence-corrected chi connectivity index (χ2v) is 7.49. The monoisotopic (exact) mass is 285 g/mol. The number of thioether (sulfide) groups is 1. The molecule has 1 aromatic rings. The summed E-state index contributed by atoms with van der Waals surface area (Å²) in [5.74, 6) is 2.59. The molecule has 3 heterocycles. The van der Waals surface area contributed by atoms with E-state index in [2.05, 4.69) is 4.98 Å². The molecule has 2 saturated heterocycles. The minimum absolute atomic E-state index is 0.0413. The minimum Gasteiger partial charge on any atom is -0.386 e. The highest BCUT2D eigenvalue weighted by Crippen LogP contribution is 2.43. The van der Waals surface area contributed by atoms with Crippen LogP contribution in [-0.2, 0) is 4.74 Å².